The quantitative estimate of drug-likeness (QED) is 0.524. The van der Waals surface area contributed by atoms with Crippen LogP contribution in [0.3, 0.4) is 0 Å². The van der Waals surface area contributed by atoms with Crippen LogP contribution in [0, 0.1) is 11.3 Å². The van der Waals surface area contributed by atoms with E-state index >= 15 is 0 Å². The summed E-state index contributed by atoms with van der Waals surface area (Å²) in [4.78, 5) is 11.0. The third-order valence-corrected chi connectivity index (χ3v) is 4.74. The molecule has 2 rings (SSSR count). The predicted octanol–water partition coefficient (Wildman–Crippen LogP) is 5.02. The fraction of sp³-hybridized carbons (Fsp3) is 0.111. The Morgan fingerprint density at radius 2 is 2.17 bits per heavy atom. The van der Waals surface area contributed by atoms with Gasteiger partial charge in [-0.2, -0.15) is 5.26 Å². The highest BCUT2D eigenvalue weighted by molar-refractivity contribution is 8.06. The molecule has 1 aromatic heterocycles. The van der Waals surface area contributed by atoms with E-state index in [4.69, 9.17) is 4.74 Å². The van der Waals surface area contributed by atoms with Crippen LogP contribution >= 0.6 is 23.1 Å². The average Bonchev–Trinajstić information content (AvgIpc) is 3.01. The Bertz CT molecular complexity index is 770. The molecule has 0 unspecified atom stereocenters. The SMILES string of the molecule is C=C(C=O)S/C=C(\C)COc1scc(-c2ccccc2)c1C#N. The number of aldehydes is 1. The molecule has 0 bridgehead atoms. The second-order valence-electron chi connectivity index (χ2n) is 4.74. The molecule has 1 aromatic carbocycles. The Balaban J connectivity index is 2.10. The van der Waals surface area contributed by atoms with E-state index < -0.39 is 0 Å². The summed E-state index contributed by atoms with van der Waals surface area (Å²) in [5, 5.41) is 13.8. The monoisotopic (exact) mass is 341 g/mol. The van der Waals surface area contributed by atoms with E-state index in [0.717, 1.165) is 16.7 Å². The van der Waals surface area contributed by atoms with Crippen molar-refractivity contribution >= 4 is 29.4 Å². The van der Waals surface area contributed by atoms with Crippen molar-refractivity contribution in [1.29, 1.82) is 5.26 Å². The molecule has 0 aliphatic carbocycles. The maximum atomic E-state index is 10.5. The number of hydrogen-bond acceptors (Lipinski definition) is 5. The van der Waals surface area contributed by atoms with Crippen molar-refractivity contribution < 1.29 is 9.53 Å². The van der Waals surface area contributed by atoms with E-state index in [0.29, 0.717) is 28.4 Å². The van der Waals surface area contributed by atoms with Crippen molar-refractivity contribution in [3.05, 3.63) is 63.7 Å². The van der Waals surface area contributed by atoms with Gasteiger partial charge in [0.1, 0.15) is 18.2 Å². The van der Waals surface area contributed by atoms with Gasteiger partial charge in [-0.25, -0.2) is 0 Å². The lowest BCUT2D eigenvalue weighted by Gasteiger charge is -2.05. The number of allylic oxidation sites excluding steroid dienone is 1. The number of rotatable bonds is 7. The van der Waals surface area contributed by atoms with Crippen LogP contribution in [0.2, 0.25) is 0 Å². The molecule has 0 aliphatic heterocycles. The van der Waals surface area contributed by atoms with Gasteiger partial charge in [0.15, 0.2) is 11.3 Å². The molecular weight excluding hydrogens is 326 g/mol. The second-order valence-corrected chi connectivity index (χ2v) is 6.58. The molecule has 0 aliphatic rings. The number of ether oxygens (including phenoxy) is 1. The zero-order valence-electron chi connectivity index (χ0n) is 12.6. The molecular formula is C18H15NO2S2. The Labute approximate surface area is 143 Å². The molecule has 0 saturated carbocycles. The Morgan fingerprint density at radius 3 is 2.83 bits per heavy atom. The molecule has 1 heterocycles. The van der Waals surface area contributed by atoms with E-state index in [1.807, 2.05) is 48.0 Å². The molecule has 3 nitrogen and oxygen atoms in total. The molecule has 0 radical (unpaired) electrons. The summed E-state index contributed by atoms with van der Waals surface area (Å²) in [5.74, 6) is 0. The zero-order valence-corrected chi connectivity index (χ0v) is 14.2. The molecule has 0 spiro atoms. The van der Waals surface area contributed by atoms with Gasteiger partial charge in [-0.3, -0.25) is 4.79 Å². The summed E-state index contributed by atoms with van der Waals surface area (Å²) in [7, 11) is 0. The van der Waals surface area contributed by atoms with E-state index in [2.05, 4.69) is 12.6 Å². The van der Waals surface area contributed by atoms with Crippen LogP contribution in [0.5, 0.6) is 5.06 Å². The number of nitrogens with zero attached hydrogens (tertiary/aromatic N) is 1. The summed E-state index contributed by atoms with van der Waals surface area (Å²) in [6.45, 7) is 5.87. The number of thiophene rings is 1. The van der Waals surface area contributed by atoms with Crippen molar-refractivity contribution in [2.75, 3.05) is 6.61 Å². The molecule has 0 amide bonds. The van der Waals surface area contributed by atoms with E-state index in [1.165, 1.54) is 23.1 Å². The lowest BCUT2D eigenvalue weighted by atomic mass is 10.1. The van der Waals surface area contributed by atoms with E-state index in [1.54, 1.807) is 0 Å². The van der Waals surface area contributed by atoms with Gasteiger partial charge >= 0.3 is 0 Å². The zero-order chi connectivity index (χ0) is 16.7. The van der Waals surface area contributed by atoms with Gasteiger partial charge in [-0.05, 0) is 23.5 Å². The minimum absolute atomic E-state index is 0.364. The predicted molar refractivity (Wildman–Crippen MR) is 96.5 cm³/mol. The van der Waals surface area contributed by atoms with Gasteiger partial charge in [0, 0.05) is 15.8 Å². The first-order valence-corrected chi connectivity index (χ1v) is 8.57. The first-order chi connectivity index (χ1) is 11.2. The smallest absolute Gasteiger partial charge is 0.192 e. The lowest BCUT2D eigenvalue weighted by Crippen LogP contribution is -1.98. The highest BCUT2D eigenvalue weighted by Gasteiger charge is 2.14. The minimum Gasteiger partial charge on any atom is -0.478 e. The maximum absolute atomic E-state index is 10.5. The van der Waals surface area contributed by atoms with Crippen LogP contribution in [0.4, 0.5) is 0 Å². The molecule has 116 valence electrons. The van der Waals surface area contributed by atoms with Crippen molar-refractivity contribution in [3.63, 3.8) is 0 Å². The summed E-state index contributed by atoms with van der Waals surface area (Å²) >= 11 is 2.68. The van der Waals surface area contributed by atoms with Crippen LogP contribution < -0.4 is 4.74 Å². The topological polar surface area (TPSA) is 50.1 Å². The number of carbonyl (C=O) groups excluding carboxylic acids is 1. The van der Waals surface area contributed by atoms with Crippen molar-refractivity contribution in [2.24, 2.45) is 0 Å². The molecule has 5 heteroatoms. The third-order valence-electron chi connectivity index (χ3n) is 2.93. The fourth-order valence-electron chi connectivity index (χ4n) is 1.80. The number of nitriles is 1. The molecule has 0 atom stereocenters. The largest absolute Gasteiger partial charge is 0.478 e. The Hall–Kier alpha value is -2.29. The molecule has 0 N–H and O–H groups in total. The van der Waals surface area contributed by atoms with Crippen molar-refractivity contribution in [3.8, 4) is 22.3 Å². The summed E-state index contributed by atoms with van der Waals surface area (Å²) in [6, 6.07) is 12.0. The van der Waals surface area contributed by atoms with Gasteiger partial charge in [0.2, 0.25) is 0 Å². The van der Waals surface area contributed by atoms with E-state index in [9.17, 15) is 10.1 Å². The van der Waals surface area contributed by atoms with Gasteiger partial charge in [0.05, 0.1) is 0 Å². The molecule has 2 aromatic rings. The summed E-state index contributed by atoms with van der Waals surface area (Å²) < 4.78 is 5.75. The lowest BCUT2D eigenvalue weighted by molar-refractivity contribution is -0.104. The van der Waals surface area contributed by atoms with Crippen LogP contribution in [-0.4, -0.2) is 12.9 Å². The molecule has 0 fully saturated rings. The highest BCUT2D eigenvalue weighted by Crippen LogP contribution is 2.36. The second kappa shape index (κ2) is 8.37. The van der Waals surface area contributed by atoms with Gasteiger partial charge in [-0.1, -0.05) is 48.7 Å². The Kier molecular flexibility index (Phi) is 6.21. The summed E-state index contributed by atoms with van der Waals surface area (Å²) in [6.07, 6.45) is 0.717. The minimum atomic E-state index is 0.364. The number of hydrogen-bond donors (Lipinski definition) is 0. The summed E-state index contributed by atoms with van der Waals surface area (Å²) in [5.41, 5.74) is 3.40. The van der Waals surface area contributed by atoms with Gasteiger partial charge in [-0.15, -0.1) is 11.3 Å². The average molecular weight is 341 g/mol. The van der Waals surface area contributed by atoms with Gasteiger partial charge in [0.25, 0.3) is 0 Å². The van der Waals surface area contributed by atoms with Crippen LogP contribution in [-0.2, 0) is 4.79 Å². The highest BCUT2D eigenvalue weighted by atomic mass is 32.2. The number of thioether (sulfide) groups is 1. The molecule has 23 heavy (non-hydrogen) atoms. The van der Waals surface area contributed by atoms with Crippen LogP contribution in [0.25, 0.3) is 11.1 Å². The maximum Gasteiger partial charge on any atom is 0.192 e. The van der Waals surface area contributed by atoms with E-state index in [-0.39, 0.29) is 0 Å². The van der Waals surface area contributed by atoms with Crippen LogP contribution in [0.1, 0.15) is 12.5 Å². The normalized spacial score (nSPS) is 10.9. The third kappa shape index (κ3) is 4.59. The van der Waals surface area contributed by atoms with Crippen LogP contribution in [0.15, 0.2) is 58.2 Å². The van der Waals surface area contributed by atoms with Crippen molar-refractivity contribution in [1.82, 2.24) is 0 Å². The Morgan fingerprint density at radius 1 is 1.43 bits per heavy atom. The van der Waals surface area contributed by atoms with Crippen molar-refractivity contribution in [2.45, 2.75) is 6.92 Å². The first kappa shape index (κ1) is 17.1. The first-order valence-electron chi connectivity index (χ1n) is 6.82. The van der Waals surface area contributed by atoms with Gasteiger partial charge < -0.3 is 4.74 Å². The molecule has 0 saturated heterocycles. The number of benzene rings is 1. The standard InChI is InChI=1S/C18H15NO2S2/c1-13(11-22-14(2)9-20)10-21-18-16(8-19)17(12-23-18)15-6-4-3-5-7-15/h3-7,9,11-12H,2,10H2,1H3/b13-11+. The fourth-order valence-corrected chi connectivity index (χ4v) is 3.16. The number of carbonyl (C=O) groups is 1.